The molecule has 0 spiro atoms. The van der Waals surface area contributed by atoms with Crippen molar-refractivity contribution in [3.05, 3.63) is 52.2 Å². The van der Waals surface area contributed by atoms with Crippen molar-refractivity contribution in [3.63, 3.8) is 0 Å². The third-order valence-corrected chi connectivity index (χ3v) is 17.3. The van der Waals surface area contributed by atoms with Crippen molar-refractivity contribution in [1.29, 1.82) is 0 Å². The summed E-state index contributed by atoms with van der Waals surface area (Å²) < 4.78 is 23.4. The number of benzene rings is 2. The first-order chi connectivity index (χ1) is 28.6. The number of fused-ring (bicyclic) bond motifs is 7. The molecular formula is C50H64O11. The Kier molecular flexibility index (Phi) is 10.7. The molecule has 0 amide bonds. The molecular weight excluding hydrogens is 777 g/mol. The molecule has 8 rings (SSSR count). The first-order valence-electron chi connectivity index (χ1n) is 22.3. The minimum Gasteiger partial charge on any atom is -0.508 e. The van der Waals surface area contributed by atoms with Crippen LogP contribution in [0.4, 0.5) is 0 Å². The van der Waals surface area contributed by atoms with E-state index >= 15 is 0 Å². The summed E-state index contributed by atoms with van der Waals surface area (Å²) in [6.07, 6.45) is 13.3. The zero-order valence-electron chi connectivity index (χ0n) is 37.1. The van der Waals surface area contributed by atoms with Crippen LogP contribution < -0.4 is 10.2 Å². The number of rotatable bonds is 7. The summed E-state index contributed by atoms with van der Waals surface area (Å²) in [5, 5.41) is 40.9. The van der Waals surface area contributed by atoms with Crippen LogP contribution in [0.15, 0.2) is 51.2 Å². The SMILES string of the molecule is CO[C@@H]1CC[C@@]2(C)C(CC[C@@]3(C)CC4=CC[C@H]5C(C)(C)[C@H](OC(=O)CCC(=O)Oc6cc(-c7oc8cc(O)cc(O)c8c(=O)c7O)ccc6O)CC[C@]5(C)[C@H]4CCC32)C1(C)C. The summed E-state index contributed by atoms with van der Waals surface area (Å²) in [5.74, 6) is -1.89. The summed E-state index contributed by atoms with van der Waals surface area (Å²) in [6.45, 7) is 17.1. The number of phenols is 3. The molecule has 0 saturated heterocycles. The molecule has 11 heteroatoms. The van der Waals surface area contributed by atoms with E-state index in [1.165, 1.54) is 56.7 Å². The maximum absolute atomic E-state index is 13.4. The van der Waals surface area contributed by atoms with Crippen molar-refractivity contribution in [2.24, 2.45) is 50.7 Å². The van der Waals surface area contributed by atoms with Crippen LogP contribution in [-0.2, 0) is 19.1 Å². The highest BCUT2D eigenvalue weighted by atomic mass is 16.6. The first kappa shape index (κ1) is 43.2. The van der Waals surface area contributed by atoms with Crippen molar-refractivity contribution < 1.29 is 48.6 Å². The molecule has 11 nitrogen and oxygen atoms in total. The van der Waals surface area contributed by atoms with Crippen LogP contribution in [0.25, 0.3) is 22.3 Å². The van der Waals surface area contributed by atoms with Gasteiger partial charge in [-0.2, -0.15) is 0 Å². The van der Waals surface area contributed by atoms with Crippen LogP contribution in [0.3, 0.4) is 0 Å². The number of carbonyl (C=O) groups is 2. The molecule has 0 bridgehead atoms. The van der Waals surface area contributed by atoms with Crippen LogP contribution in [0.1, 0.15) is 126 Å². The van der Waals surface area contributed by atoms with Gasteiger partial charge < -0.3 is 39.1 Å². The van der Waals surface area contributed by atoms with E-state index in [9.17, 15) is 34.8 Å². The van der Waals surface area contributed by atoms with E-state index < -0.39 is 34.6 Å². The Hall–Kier alpha value is -4.51. The second-order valence-electron chi connectivity index (χ2n) is 21.2. The van der Waals surface area contributed by atoms with E-state index in [0.29, 0.717) is 35.2 Å². The van der Waals surface area contributed by atoms with Gasteiger partial charge in [-0.3, -0.25) is 14.4 Å². The van der Waals surface area contributed by atoms with Gasteiger partial charge in [-0.05, 0) is 128 Å². The number of ether oxygens (including phenoxy) is 3. The molecule has 5 aliphatic carbocycles. The molecule has 0 aliphatic heterocycles. The highest BCUT2D eigenvalue weighted by Crippen LogP contribution is 2.70. The lowest BCUT2D eigenvalue weighted by molar-refractivity contribution is -0.178. The first-order valence-corrected chi connectivity index (χ1v) is 22.3. The zero-order valence-corrected chi connectivity index (χ0v) is 37.1. The monoisotopic (exact) mass is 840 g/mol. The largest absolute Gasteiger partial charge is 0.508 e. The number of hydrogen-bond acceptors (Lipinski definition) is 11. The summed E-state index contributed by atoms with van der Waals surface area (Å²) in [5.41, 5.74) is 1.13. The smallest absolute Gasteiger partial charge is 0.311 e. The molecule has 1 heterocycles. The van der Waals surface area contributed by atoms with Crippen molar-refractivity contribution >= 4 is 22.9 Å². The Bertz CT molecular complexity index is 2340. The maximum Gasteiger partial charge on any atom is 0.311 e. The Morgan fingerprint density at radius 1 is 0.754 bits per heavy atom. The fraction of sp³-hybridized carbons (Fsp3) is 0.620. The number of carbonyl (C=O) groups excluding carboxylic acids is 2. The predicted octanol–water partition coefficient (Wildman–Crippen LogP) is 10.3. The van der Waals surface area contributed by atoms with Crippen LogP contribution in [0, 0.1) is 50.7 Å². The van der Waals surface area contributed by atoms with Gasteiger partial charge in [0.25, 0.3) is 0 Å². The number of phenolic OH excluding ortho intramolecular Hbond substituents is 3. The average molecular weight is 841 g/mol. The van der Waals surface area contributed by atoms with E-state index in [1.54, 1.807) is 5.57 Å². The number of aromatic hydroxyl groups is 4. The molecule has 5 aliphatic rings. The fourth-order valence-electron chi connectivity index (χ4n) is 14.3. The second-order valence-corrected chi connectivity index (χ2v) is 21.2. The number of hydrogen-bond donors (Lipinski definition) is 4. The predicted molar refractivity (Wildman–Crippen MR) is 230 cm³/mol. The second kappa shape index (κ2) is 15.1. The lowest BCUT2D eigenvalue weighted by Gasteiger charge is -2.64. The highest BCUT2D eigenvalue weighted by Gasteiger charge is 2.63. The molecule has 2 unspecified atom stereocenters. The Morgan fingerprint density at radius 2 is 1.44 bits per heavy atom. The number of allylic oxidation sites excluding steroid dienone is 2. The van der Waals surface area contributed by atoms with Gasteiger partial charge in [0.1, 0.15) is 28.6 Å². The topological polar surface area (TPSA) is 173 Å². The standard InChI is InChI=1S/C50H64O11/c1-46(2)36-17-20-48(5)26-28-10-13-35-47(3,4)39(19-21-49(35,6)30(28)11-14-37(48)50(36,7)22-18-38(46)58-8)61-41(55)16-15-40(54)59-33-23-27(9-12-31(33)52)45-44(57)43(56)42-32(53)24-29(51)25-34(42)60-45/h9-10,12,23-25,30,35-39,51-53,57H,11,13-22,26H2,1-8H3/t30-,35-,36?,37?,38+,39+,48-,49+,50-/m0/s1. The summed E-state index contributed by atoms with van der Waals surface area (Å²) >= 11 is 0. The molecule has 3 aromatic rings. The molecule has 9 atom stereocenters. The van der Waals surface area contributed by atoms with Crippen molar-refractivity contribution in [1.82, 2.24) is 0 Å². The third-order valence-electron chi connectivity index (χ3n) is 17.3. The number of methoxy groups -OCH3 is 1. The van der Waals surface area contributed by atoms with Gasteiger partial charge in [0, 0.05) is 30.2 Å². The van der Waals surface area contributed by atoms with E-state index in [1.807, 2.05) is 7.11 Å². The number of esters is 2. The van der Waals surface area contributed by atoms with Gasteiger partial charge in [0.05, 0.1) is 18.9 Å². The van der Waals surface area contributed by atoms with Gasteiger partial charge in [-0.25, -0.2) is 0 Å². The van der Waals surface area contributed by atoms with Gasteiger partial charge in [-0.15, -0.1) is 0 Å². The van der Waals surface area contributed by atoms with Crippen LogP contribution in [-0.4, -0.2) is 51.7 Å². The Balaban J connectivity index is 0.916. The van der Waals surface area contributed by atoms with Crippen molar-refractivity contribution in [2.45, 2.75) is 138 Å². The lowest BCUT2D eigenvalue weighted by Crippen LogP contribution is -2.58. The molecule has 0 radical (unpaired) electrons. The molecule has 61 heavy (non-hydrogen) atoms. The minimum absolute atomic E-state index is 0.0729. The lowest BCUT2D eigenvalue weighted by atomic mass is 9.42. The summed E-state index contributed by atoms with van der Waals surface area (Å²) in [4.78, 5) is 39.3. The molecule has 1 aromatic heterocycles. The Morgan fingerprint density at radius 3 is 2.18 bits per heavy atom. The van der Waals surface area contributed by atoms with Crippen LogP contribution >= 0.6 is 0 Å². The van der Waals surface area contributed by atoms with Gasteiger partial charge in [0.15, 0.2) is 17.3 Å². The van der Waals surface area contributed by atoms with Crippen molar-refractivity contribution in [3.8, 4) is 40.1 Å². The van der Waals surface area contributed by atoms with E-state index in [4.69, 9.17) is 18.6 Å². The molecule has 2 aromatic carbocycles. The van der Waals surface area contributed by atoms with E-state index in [2.05, 4.69) is 54.5 Å². The van der Waals surface area contributed by atoms with Crippen LogP contribution in [0.2, 0.25) is 0 Å². The summed E-state index contributed by atoms with van der Waals surface area (Å²) in [6, 6.07) is 5.80. The molecule has 4 N–H and O–H groups in total. The summed E-state index contributed by atoms with van der Waals surface area (Å²) in [7, 11) is 1.89. The van der Waals surface area contributed by atoms with E-state index in [0.717, 1.165) is 37.8 Å². The Labute approximate surface area is 358 Å². The fourth-order valence-corrected chi connectivity index (χ4v) is 14.3. The van der Waals surface area contributed by atoms with Gasteiger partial charge in [0.2, 0.25) is 11.2 Å². The molecule has 4 fully saturated rings. The molecule has 4 saturated carbocycles. The highest BCUT2D eigenvalue weighted by molar-refractivity contribution is 5.88. The normalized spacial score (nSPS) is 33.8. The zero-order chi connectivity index (χ0) is 44.0. The molecule has 330 valence electrons. The van der Waals surface area contributed by atoms with E-state index in [-0.39, 0.29) is 74.4 Å². The third kappa shape index (κ3) is 7.01. The van der Waals surface area contributed by atoms with Crippen LogP contribution in [0.5, 0.6) is 28.7 Å². The van der Waals surface area contributed by atoms with Gasteiger partial charge >= 0.3 is 11.9 Å². The average Bonchev–Trinajstić information content (AvgIpc) is 3.34. The maximum atomic E-state index is 13.4. The van der Waals surface area contributed by atoms with Crippen molar-refractivity contribution in [2.75, 3.05) is 7.11 Å². The van der Waals surface area contributed by atoms with Gasteiger partial charge in [-0.1, -0.05) is 60.1 Å². The minimum atomic E-state index is -0.942. The quantitative estimate of drug-likeness (QED) is 0.101.